The van der Waals surface area contributed by atoms with Crippen molar-refractivity contribution >= 4 is 22.4 Å². The molecular weight excluding hydrogens is 386 g/mol. The van der Waals surface area contributed by atoms with Crippen LogP contribution in [0.5, 0.6) is 0 Å². The minimum absolute atomic E-state index is 0.320. The molecule has 2 heterocycles. The molecule has 2 aromatic carbocycles. The zero-order chi connectivity index (χ0) is 20.2. The number of nitrogens with zero attached hydrogens (tertiary/aromatic N) is 2. The molecule has 146 valence electrons. The van der Waals surface area contributed by atoms with Crippen molar-refractivity contribution < 1.29 is 14.3 Å². The van der Waals surface area contributed by atoms with Crippen molar-refractivity contribution in [2.45, 2.75) is 6.92 Å². The number of aliphatic carboxylic acids is 1. The summed E-state index contributed by atoms with van der Waals surface area (Å²) in [6, 6.07) is 18.0. The summed E-state index contributed by atoms with van der Waals surface area (Å²) >= 11 is 1.52. The third kappa shape index (κ3) is 4.20. The Balaban J connectivity index is 1.68. The van der Waals surface area contributed by atoms with E-state index >= 15 is 0 Å². The maximum Gasteiger partial charge on any atom is 0.308 e. The Kier molecular flexibility index (Phi) is 5.39. The Morgan fingerprint density at radius 2 is 1.83 bits per heavy atom. The second-order valence-electron chi connectivity index (χ2n) is 6.63. The molecule has 6 nitrogen and oxygen atoms in total. The van der Waals surface area contributed by atoms with Crippen LogP contribution >= 0.6 is 11.3 Å². The maximum absolute atomic E-state index is 11.1. The first-order valence-electron chi connectivity index (χ1n) is 9.14. The highest BCUT2D eigenvalue weighted by Gasteiger charge is 2.17. The maximum atomic E-state index is 11.1. The van der Waals surface area contributed by atoms with Crippen LogP contribution in [0.4, 0.5) is 5.13 Å². The van der Waals surface area contributed by atoms with E-state index < -0.39 is 11.9 Å². The molecule has 0 aliphatic rings. The fourth-order valence-corrected chi connectivity index (χ4v) is 3.85. The summed E-state index contributed by atoms with van der Waals surface area (Å²) in [5.41, 5.74) is 3.84. The van der Waals surface area contributed by atoms with Crippen LogP contribution in [-0.4, -0.2) is 27.6 Å². The summed E-state index contributed by atoms with van der Waals surface area (Å²) in [7, 11) is 0. The first-order chi connectivity index (χ1) is 14.1. The lowest BCUT2D eigenvalue weighted by molar-refractivity contribution is -0.140. The van der Waals surface area contributed by atoms with Crippen LogP contribution in [0.1, 0.15) is 6.92 Å². The molecule has 0 saturated heterocycles. The van der Waals surface area contributed by atoms with Gasteiger partial charge in [0.25, 0.3) is 0 Å². The SMILES string of the molecule is CC(CNc1nc(-c2ccc(-c3cnco3)cc2)c(-c2ccccc2)s1)C(=O)O. The molecule has 0 saturated carbocycles. The molecule has 7 heteroatoms. The number of oxazole rings is 1. The van der Waals surface area contributed by atoms with Gasteiger partial charge in [-0.3, -0.25) is 4.79 Å². The first-order valence-corrected chi connectivity index (χ1v) is 9.95. The van der Waals surface area contributed by atoms with Crippen LogP contribution in [0.2, 0.25) is 0 Å². The molecule has 0 radical (unpaired) electrons. The van der Waals surface area contributed by atoms with Gasteiger partial charge in [-0.2, -0.15) is 0 Å². The summed E-state index contributed by atoms with van der Waals surface area (Å²) in [5, 5.41) is 13.0. The Morgan fingerprint density at radius 3 is 2.48 bits per heavy atom. The molecule has 0 bridgehead atoms. The molecule has 0 fully saturated rings. The van der Waals surface area contributed by atoms with Crippen molar-refractivity contribution in [1.29, 1.82) is 0 Å². The monoisotopic (exact) mass is 405 g/mol. The minimum Gasteiger partial charge on any atom is -0.481 e. The van der Waals surface area contributed by atoms with Gasteiger partial charge < -0.3 is 14.8 Å². The molecular formula is C22H19N3O3S. The van der Waals surface area contributed by atoms with Gasteiger partial charge in [0, 0.05) is 17.7 Å². The summed E-state index contributed by atoms with van der Waals surface area (Å²) in [6.45, 7) is 1.99. The van der Waals surface area contributed by atoms with Crippen molar-refractivity contribution in [3.05, 3.63) is 67.2 Å². The van der Waals surface area contributed by atoms with E-state index in [2.05, 4.69) is 10.3 Å². The van der Waals surface area contributed by atoms with Crippen molar-refractivity contribution in [2.24, 2.45) is 5.92 Å². The molecule has 1 unspecified atom stereocenters. The Morgan fingerprint density at radius 1 is 1.10 bits per heavy atom. The fourth-order valence-electron chi connectivity index (χ4n) is 2.85. The zero-order valence-electron chi connectivity index (χ0n) is 15.7. The quantitative estimate of drug-likeness (QED) is 0.436. The highest BCUT2D eigenvalue weighted by atomic mass is 32.1. The molecule has 4 rings (SSSR count). The van der Waals surface area contributed by atoms with Gasteiger partial charge in [0.05, 0.1) is 22.7 Å². The third-order valence-electron chi connectivity index (χ3n) is 4.52. The number of carboxylic acid groups (broad SMARTS) is 1. The highest BCUT2D eigenvalue weighted by molar-refractivity contribution is 7.19. The lowest BCUT2D eigenvalue weighted by Gasteiger charge is -2.06. The van der Waals surface area contributed by atoms with Gasteiger partial charge in [0.15, 0.2) is 17.3 Å². The number of benzene rings is 2. The summed E-state index contributed by atoms with van der Waals surface area (Å²) in [5.74, 6) is -0.618. The zero-order valence-corrected chi connectivity index (χ0v) is 16.5. The summed E-state index contributed by atoms with van der Waals surface area (Å²) < 4.78 is 5.35. The Hall–Kier alpha value is -3.45. The number of hydrogen-bond donors (Lipinski definition) is 2. The van der Waals surface area contributed by atoms with E-state index in [-0.39, 0.29) is 0 Å². The third-order valence-corrected chi connectivity index (χ3v) is 5.58. The molecule has 0 aliphatic heterocycles. The van der Waals surface area contributed by atoms with E-state index in [1.165, 1.54) is 17.7 Å². The summed E-state index contributed by atoms with van der Waals surface area (Å²) in [4.78, 5) is 20.8. The molecule has 4 aromatic rings. The normalized spacial score (nSPS) is 11.9. The van der Waals surface area contributed by atoms with E-state index in [1.807, 2.05) is 54.6 Å². The van der Waals surface area contributed by atoms with E-state index in [0.29, 0.717) is 17.4 Å². The Bertz CT molecular complexity index is 1090. The van der Waals surface area contributed by atoms with Gasteiger partial charge in [-0.25, -0.2) is 9.97 Å². The first kappa shape index (κ1) is 18.9. The van der Waals surface area contributed by atoms with Crippen molar-refractivity contribution in [3.63, 3.8) is 0 Å². The second kappa shape index (κ2) is 8.28. The van der Waals surface area contributed by atoms with Crippen LogP contribution in [0.3, 0.4) is 0 Å². The van der Waals surface area contributed by atoms with E-state index in [0.717, 1.165) is 27.3 Å². The molecule has 2 aromatic heterocycles. The van der Waals surface area contributed by atoms with Gasteiger partial charge in [-0.15, -0.1) is 0 Å². The molecule has 29 heavy (non-hydrogen) atoms. The number of nitrogens with one attached hydrogen (secondary N) is 1. The van der Waals surface area contributed by atoms with Crippen LogP contribution in [0, 0.1) is 5.92 Å². The predicted molar refractivity (Wildman–Crippen MR) is 114 cm³/mol. The number of thiazole rings is 1. The van der Waals surface area contributed by atoms with Crippen LogP contribution in [-0.2, 0) is 4.79 Å². The van der Waals surface area contributed by atoms with Crippen molar-refractivity contribution in [3.8, 4) is 33.0 Å². The number of carboxylic acids is 1. The van der Waals surface area contributed by atoms with E-state index in [4.69, 9.17) is 14.5 Å². The van der Waals surface area contributed by atoms with E-state index in [1.54, 1.807) is 13.1 Å². The fraction of sp³-hybridized carbons (Fsp3) is 0.136. The largest absolute Gasteiger partial charge is 0.481 e. The topological polar surface area (TPSA) is 88.3 Å². The summed E-state index contributed by atoms with van der Waals surface area (Å²) in [6.07, 6.45) is 3.09. The van der Waals surface area contributed by atoms with Gasteiger partial charge in [0.1, 0.15) is 0 Å². The van der Waals surface area contributed by atoms with Gasteiger partial charge in [-0.05, 0) is 5.56 Å². The Labute approximate surface area is 171 Å². The van der Waals surface area contributed by atoms with Crippen LogP contribution in [0.15, 0.2) is 71.6 Å². The van der Waals surface area contributed by atoms with E-state index in [9.17, 15) is 4.79 Å². The lowest BCUT2D eigenvalue weighted by atomic mass is 10.0. The van der Waals surface area contributed by atoms with Crippen LogP contribution in [0.25, 0.3) is 33.0 Å². The lowest BCUT2D eigenvalue weighted by Crippen LogP contribution is -2.19. The minimum atomic E-state index is -0.833. The number of rotatable bonds is 7. The van der Waals surface area contributed by atoms with Crippen LogP contribution < -0.4 is 5.32 Å². The molecule has 1 atom stereocenters. The highest BCUT2D eigenvalue weighted by Crippen LogP contribution is 2.39. The number of anilines is 1. The molecule has 0 amide bonds. The smallest absolute Gasteiger partial charge is 0.308 e. The standard InChI is InChI=1S/C22H19N3O3S/c1-14(21(26)27)11-24-22-25-19(20(29-22)17-5-3-2-4-6-17)16-9-7-15(8-10-16)18-12-23-13-28-18/h2-10,12-14H,11H2,1H3,(H,24,25)(H,26,27). The second-order valence-corrected chi connectivity index (χ2v) is 7.63. The van der Waals surface area contributed by atoms with Crippen molar-refractivity contribution in [1.82, 2.24) is 9.97 Å². The van der Waals surface area contributed by atoms with Gasteiger partial charge >= 0.3 is 5.97 Å². The van der Waals surface area contributed by atoms with Crippen molar-refractivity contribution in [2.75, 3.05) is 11.9 Å². The molecule has 0 aliphatic carbocycles. The molecule has 0 spiro atoms. The number of aromatic nitrogens is 2. The van der Waals surface area contributed by atoms with Gasteiger partial charge in [0.2, 0.25) is 0 Å². The average molecular weight is 405 g/mol. The number of hydrogen-bond acceptors (Lipinski definition) is 6. The predicted octanol–water partition coefficient (Wildman–Crippen LogP) is 5.26. The molecule has 2 N–H and O–H groups in total. The average Bonchev–Trinajstić information content (AvgIpc) is 3.43. The number of carbonyl (C=O) groups is 1. The van der Waals surface area contributed by atoms with Gasteiger partial charge in [-0.1, -0.05) is 72.9 Å².